The summed E-state index contributed by atoms with van der Waals surface area (Å²) in [7, 11) is 0. The van der Waals surface area contributed by atoms with Crippen LogP contribution < -0.4 is 10.6 Å². The van der Waals surface area contributed by atoms with E-state index < -0.39 is 95.9 Å². The zero-order valence-electron chi connectivity index (χ0n) is 29.9. The highest BCUT2D eigenvalue weighted by atomic mass is 19.1. The fourth-order valence-electron chi connectivity index (χ4n) is 6.99. The number of phenolic OH excluding ortho intramolecular Hbond substituents is 2. The van der Waals surface area contributed by atoms with Gasteiger partial charge in [-0.05, 0) is 73.5 Å². The van der Waals surface area contributed by atoms with Crippen molar-refractivity contribution in [2.75, 3.05) is 13.2 Å². The number of phenols is 2. The number of aromatic nitrogens is 2. The topological polar surface area (TPSA) is 200 Å². The SMILES string of the molecule is Cc1c(CC(=O)NC(C(=O)O)C(C(=O)NCCO)c2c(C)n(C(=O)c3cccc(F)c3)c3cc(F)c(O)cc23)c2cc(O)c(F)cc2n1C(=O)c1cccc(F)c1. The molecule has 0 radical (unpaired) electrons. The molecule has 6 rings (SSSR count). The Hall–Kier alpha value is -7.01. The molecule has 57 heavy (non-hydrogen) atoms. The normalized spacial score (nSPS) is 12.4. The maximum atomic E-state index is 14.9. The summed E-state index contributed by atoms with van der Waals surface area (Å²) in [6.45, 7) is 1.67. The van der Waals surface area contributed by atoms with Gasteiger partial charge < -0.3 is 31.1 Å². The summed E-state index contributed by atoms with van der Waals surface area (Å²) in [5, 5.41) is 45.2. The Labute approximate surface area is 319 Å². The number of aromatic hydroxyl groups is 2. The van der Waals surface area contributed by atoms with Gasteiger partial charge >= 0.3 is 5.97 Å². The Morgan fingerprint density at radius 1 is 0.719 bits per heavy atom. The van der Waals surface area contributed by atoms with Gasteiger partial charge in [-0.15, -0.1) is 0 Å². The van der Waals surface area contributed by atoms with Crippen molar-refractivity contribution < 1.29 is 62.0 Å². The molecule has 0 saturated carbocycles. The van der Waals surface area contributed by atoms with Gasteiger partial charge in [0.15, 0.2) is 23.1 Å². The van der Waals surface area contributed by atoms with Crippen LogP contribution in [-0.4, -0.2) is 78.4 Å². The molecule has 0 aliphatic rings. The van der Waals surface area contributed by atoms with Crippen LogP contribution in [0, 0.1) is 37.1 Å². The van der Waals surface area contributed by atoms with E-state index in [0.29, 0.717) is 0 Å². The summed E-state index contributed by atoms with van der Waals surface area (Å²) >= 11 is 0. The molecule has 2 unspecified atom stereocenters. The van der Waals surface area contributed by atoms with Crippen molar-refractivity contribution in [3.63, 3.8) is 0 Å². The molecule has 6 aromatic rings. The molecule has 0 fully saturated rings. The Kier molecular flexibility index (Phi) is 10.9. The van der Waals surface area contributed by atoms with Crippen LogP contribution in [0.1, 0.15) is 49.1 Å². The van der Waals surface area contributed by atoms with E-state index in [1.165, 1.54) is 38.1 Å². The lowest BCUT2D eigenvalue weighted by Crippen LogP contribution is -2.50. The van der Waals surface area contributed by atoms with Crippen molar-refractivity contribution in [2.24, 2.45) is 0 Å². The van der Waals surface area contributed by atoms with Gasteiger partial charge in [0, 0.05) is 52.0 Å². The number of rotatable bonds is 11. The molecule has 0 aliphatic heterocycles. The highest BCUT2D eigenvalue weighted by Crippen LogP contribution is 2.38. The highest BCUT2D eigenvalue weighted by Gasteiger charge is 2.41. The van der Waals surface area contributed by atoms with Gasteiger partial charge in [-0.1, -0.05) is 12.1 Å². The molecule has 0 saturated heterocycles. The van der Waals surface area contributed by atoms with Crippen molar-refractivity contribution in [1.29, 1.82) is 0 Å². The van der Waals surface area contributed by atoms with Gasteiger partial charge in [-0.2, -0.15) is 0 Å². The van der Waals surface area contributed by atoms with Crippen LogP contribution in [0.3, 0.4) is 0 Å². The average Bonchev–Trinajstić information content (AvgIpc) is 3.57. The smallest absolute Gasteiger partial charge is 0.327 e. The summed E-state index contributed by atoms with van der Waals surface area (Å²) < 4.78 is 59.7. The molecule has 2 atom stereocenters. The third-order valence-corrected chi connectivity index (χ3v) is 9.53. The molecule has 17 heteroatoms. The first-order valence-electron chi connectivity index (χ1n) is 17.1. The van der Waals surface area contributed by atoms with Gasteiger partial charge in [0.2, 0.25) is 11.8 Å². The van der Waals surface area contributed by atoms with Gasteiger partial charge in [-0.3, -0.25) is 28.3 Å². The van der Waals surface area contributed by atoms with Crippen molar-refractivity contribution in [1.82, 2.24) is 19.8 Å². The van der Waals surface area contributed by atoms with E-state index in [9.17, 15) is 62.0 Å². The lowest BCUT2D eigenvalue weighted by Gasteiger charge is -2.25. The minimum atomic E-state index is -2.18. The molecule has 2 amide bonds. The molecule has 2 heterocycles. The van der Waals surface area contributed by atoms with E-state index in [2.05, 4.69) is 10.6 Å². The molecule has 0 bridgehead atoms. The summed E-state index contributed by atoms with van der Waals surface area (Å²) in [5.74, 6) is -13.3. The third-order valence-electron chi connectivity index (χ3n) is 9.53. The fraction of sp³-hybridized carbons (Fsp3) is 0.175. The quantitative estimate of drug-likeness (QED) is 0.102. The minimum absolute atomic E-state index is 0.00250. The van der Waals surface area contributed by atoms with E-state index in [0.717, 1.165) is 57.7 Å². The van der Waals surface area contributed by atoms with Crippen molar-refractivity contribution in [2.45, 2.75) is 32.2 Å². The molecule has 0 aliphatic carbocycles. The number of halogens is 4. The first kappa shape index (κ1) is 39.7. The number of carbonyl (C=O) groups is 5. The number of nitrogens with zero attached hydrogens (tertiary/aromatic N) is 2. The number of carboxylic acid groups (broad SMARTS) is 1. The number of aliphatic carboxylic acids is 1. The number of aliphatic hydroxyl groups excluding tert-OH is 1. The second-order valence-corrected chi connectivity index (χ2v) is 13.1. The predicted molar refractivity (Wildman–Crippen MR) is 195 cm³/mol. The van der Waals surface area contributed by atoms with Crippen molar-refractivity contribution in [3.05, 3.63) is 130 Å². The zero-order chi connectivity index (χ0) is 41.5. The number of carbonyl (C=O) groups excluding carboxylic acids is 4. The standard InChI is InChI=1S/C40H32F4N4O9/c1-18-24(25-13-31(50)27(43)16-29(25)47(18)38(54)20-5-3-7-22(41)11-20)15-33(52)46-36(40(56)57)35(37(53)45-9-10-49)34-19(2)48(30-17-28(44)32(51)14-26(30)34)39(55)21-6-4-8-23(42)12-21/h3-8,11-14,16-17,35-36,49-51H,9-10,15H2,1-2H3,(H,45,53)(H,46,52)(H,56,57). The minimum Gasteiger partial charge on any atom is -0.505 e. The van der Waals surface area contributed by atoms with E-state index in [-0.39, 0.29) is 55.4 Å². The Balaban J connectivity index is 1.47. The first-order valence-corrected chi connectivity index (χ1v) is 17.1. The third kappa shape index (κ3) is 7.39. The molecule has 6 N–H and O–H groups in total. The zero-order valence-corrected chi connectivity index (χ0v) is 29.9. The second kappa shape index (κ2) is 15.6. The number of aliphatic hydroxyl groups is 1. The van der Waals surface area contributed by atoms with Crippen molar-refractivity contribution >= 4 is 51.4 Å². The highest BCUT2D eigenvalue weighted by molar-refractivity contribution is 6.08. The number of nitrogens with one attached hydrogen (secondary N) is 2. The van der Waals surface area contributed by atoms with Gasteiger partial charge in [-0.25, -0.2) is 22.4 Å². The lowest BCUT2D eigenvalue weighted by atomic mass is 9.87. The first-order chi connectivity index (χ1) is 27.0. The number of amides is 2. The lowest BCUT2D eigenvalue weighted by molar-refractivity contribution is -0.144. The summed E-state index contributed by atoms with van der Waals surface area (Å²) in [6, 6.07) is 10.3. The number of carboxylic acids is 1. The molecule has 294 valence electrons. The average molecular weight is 789 g/mol. The van der Waals surface area contributed by atoms with Gasteiger partial charge in [0.1, 0.15) is 17.7 Å². The largest absolute Gasteiger partial charge is 0.505 e. The maximum absolute atomic E-state index is 14.9. The molecule has 13 nitrogen and oxygen atoms in total. The number of hydrogen-bond acceptors (Lipinski definition) is 8. The fourth-order valence-corrected chi connectivity index (χ4v) is 6.99. The van der Waals surface area contributed by atoms with Gasteiger partial charge in [0.25, 0.3) is 11.8 Å². The van der Waals surface area contributed by atoms with Crippen molar-refractivity contribution in [3.8, 4) is 11.5 Å². The van der Waals surface area contributed by atoms with E-state index in [1.54, 1.807) is 0 Å². The van der Waals surface area contributed by atoms with Crippen LogP contribution in [-0.2, 0) is 20.8 Å². The van der Waals surface area contributed by atoms with Crippen LogP contribution in [0.15, 0.2) is 72.8 Å². The number of fused-ring (bicyclic) bond motifs is 2. The molecule has 2 aromatic heterocycles. The number of hydrogen-bond donors (Lipinski definition) is 6. The van der Waals surface area contributed by atoms with Crippen LogP contribution in [0.4, 0.5) is 17.6 Å². The van der Waals surface area contributed by atoms with E-state index in [4.69, 9.17) is 0 Å². The van der Waals surface area contributed by atoms with Crippen LogP contribution in [0.25, 0.3) is 21.8 Å². The van der Waals surface area contributed by atoms with Crippen LogP contribution in [0.2, 0.25) is 0 Å². The van der Waals surface area contributed by atoms with E-state index >= 15 is 0 Å². The molecular formula is C40H32F4N4O9. The Bertz CT molecular complexity index is 2650. The predicted octanol–water partition coefficient (Wildman–Crippen LogP) is 4.56. The molecule has 0 spiro atoms. The number of benzene rings is 4. The van der Waals surface area contributed by atoms with E-state index in [1.807, 2.05) is 0 Å². The molecule has 4 aromatic carbocycles. The summed E-state index contributed by atoms with van der Waals surface area (Å²) in [4.78, 5) is 68.4. The van der Waals surface area contributed by atoms with Crippen LogP contribution >= 0.6 is 0 Å². The monoisotopic (exact) mass is 788 g/mol. The summed E-state index contributed by atoms with van der Waals surface area (Å²) in [6.07, 6.45) is -0.726. The maximum Gasteiger partial charge on any atom is 0.327 e. The van der Waals surface area contributed by atoms with Gasteiger partial charge in [0.05, 0.1) is 30.0 Å². The molecular weight excluding hydrogens is 756 g/mol. The Morgan fingerprint density at radius 3 is 1.74 bits per heavy atom. The Morgan fingerprint density at radius 2 is 1.23 bits per heavy atom. The summed E-state index contributed by atoms with van der Waals surface area (Å²) in [5.41, 5.74) is -1.08. The second-order valence-electron chi connectivity index (χ2n) is 13.1. The van der Waals surface area contributed by atoms with Crippen LogP contribution in [0.5, 0.6) is 11.5 Å².